The minimum Gasteiger partial charge on any atom is -0.489 e. The van der Waals surface area contributed by atoms with Crippen molar-refractivity contribution < 1.29 is 19.4 Å². The van der Waals surface area contributed by atoms with Crippen LogP contribution in [0.15, 0.2) is 42.6 Å². The van der Waals surface area contributed by atoms with E-state index in [1.54, 1.807) is 18.1 Å². The van der Waals surface area contributed by atoms with Crippen LogP contribution in [0.2, 0.25) is 5.02 Å². The van der Waals surface area contributed by atoms with Gasteiger partial charge in [-0.25, -0.2) is 10.6 Å². The maximum Gasteiger partial charge on any atom is 0.355 e. The van der Waals surface area contributed by atoms with Crippen LogP contribution in [-0.2, 0) is 11.3 Å². The summed E-state index contributed by atoms with van der Waals surface area (Å²) >= 11 is 6.40. The molecule has 0 bridgehead atoms. The van der Waals surface area contributed by atoms with E-state index in [1.807, 2.05) is 57.2 Å². The van der Waals surface area contributed by atoms with Crippen LogP contribution in [0, 0.1) is 18.8 Å². The topological polar surface area (TPSA) is 130 Å². The number of esters is 1. The van der Waals surface area contributed by atoms with Gasteiger partial charge in [-0.1, -0.05) is 43.1 Å². The van der Waals surface area contributed by atoms with E-state index in [9.17, 15) is 9.90 Å². The van der Waals surface area contributed by atoms with Crippen LogP contribution in [-0.4, -0.2) is 64.9 Å². The third-order valence-electron chi connectivity index (χ3n) is 7.36. The zero-order chi connectivity index (χ0) is 30.4. The molecule has 2 heterocycles. The lowest BCUT2D eigenvalue weighted by molar-refractivity contribution is 0.0452. The smallest absolute Gasteiger partial charge is 0.355 e. The van der Waals surface area contributed by atoms with E-state index in [1.165, 1.54) is 0 Å². The lowest BCUT2D eigenvalue weighted by Crippen LogP contribution is -2.39. The quantitative estimate of drug-likeness (QED) is 0.130. The van der Waals surface area contributed by atoms with Crippen LogP contribution in [0.5, 0.6) is 5.75 Å². The summed E-state index contributed by atoms with van der Waals surface area (Å²) in [5, 5.41) is 12.5. The molecule has 228 valence electrons. The molecule has 0 amide bonds. The second kappa shape index (κ2) is 14.3. The van der Waals surface area contributed by atoms with Crippen LogP contribution in [0.4, 0.5) is 0 Å². The number of aliphatic hydroxyl groups excluding tert-OH is 1. The van der Waals surface area contributed by atoms with Crippen molar-refractivity contribution in [1.29, 1.82) is 0 Å². The van der Waals surface area contributed by atoms with Crippen molar-refractivity contribution >= 4 is 34.2 Å². The number of ether oxygens (including phenoxy) is 2. The fourth-order valence-corrected chi connectivity index (χ4v) is 5.48. The molecule has 42 heavy (non-hydrogen) atoms. The molecule has 4 rings (SSSR count). The van der Waals surface area contributed by atoms with Gasteiger partial charge in [0.05, 0.1) is 23.4 Å². The highest BCUT2D eigenvalue weighted by atomic mass is 35.5. The summed E-state index contributed by atoms with van der Waals surface area (Å²) in [4.78, 5) is 18.6. The molecule has 9 nitrogen and oxygen atoms in total. The first kappa shape index (κ1) is 31.7. The number of nitrogens with one attached hydrogen (secondary N) is 1. The van der Waals surface area contributed by atoms with Crippen LogP contribution in [0.3, 0.4) is 0 Å². The van der Waals surface area contributed by atoms with Crippen LogP contribution in [0.25, 0.3) is 16.6 Å². The van der Waals surface area contributed by atoms with E-state index in [0.717, 1.165) is 54.5 Å². The van der Waals surface area contributed by atoms with Gasteiger partial charge in [-0.2, -0.15) is 0 Å². The lowest BCUT2D eigenvalue weighted by atomic mass is 9.96. The highest BCUT2D eigenvalue weighted by Crippen LogP contribution is 2.30. The number of rotatable bonds is 12. The number of carbonyl (C=O) groups is 1. The van der Waals surface area contributed by atoms with Crippen molar-refractivity contribution in [3.05, 3.63) is 70.0 Å². The lowest BCUT2D eigenvalue weighted by Gasteiger charge is -2.33. The molecule has 1 saturated heterocycles. The molecule has 0 radical (unpaired) electrons. The van der Waals surface area contributed by atoms with Crippen LogP contribution >= 0.6 is 11.6 Å². The second-order valence-corrected chi connectivity index (χ2v) is 12.2. The highest BCUT2D eigenvalue weighted by Gasteiger charge is 2.24. The van der Waals surface area contributed by atoms with Gasteiger partial charge in [-0.3, -0.25) is 4.90 Å². The van der Waals surface area contributed by atoms with Gasteiger partial charge in [0.25, 0.3) is 0 Å². The number of likely N-dealkylation sites (tertiary alicyclic amines) is 1. The Kier molecular flexibility index (Phi) is 10.8. The third-order valence-corrected chi connectivity index (χ3v) is 7.65. The number of aromatic amines is 1. The number of aliphatic hydroxyl groups is 1. The number of hydrogen-bond acceptors (Lipinski definition) is 8. The van der Waals surface area contributed by atoms with E-state index in [2.05, 4.69) is 9.88 Å². The van der Waals surface area contributed by atoms with Gasteiger partial charge in [-0.05, 0) is 81.4 Å². The molecule has 3 aromatic rings. The number of carbonyl (C=O) groups excluding carboxylic acids is 1. The van der Waals surface area contributed by atoms with E-state index in [0.29, 0.717) is 46.8 Å². The molecule has 6 N–H and O–H groups in total. The number of halogens is 1. The fourth-order valence-electron chi connectivity index (χ4n) is 5.22. The SMILES string of the molecule is Cc1ccc2[nH]c(C(=O)OCC(C)C)c(/C(N)=C/N(N)CC3CCN(Cc4ccc(OCC(C)O)c(Cl)c4)CC3)c2c1. The number of aromatic nitrogens is 1. The first-order valence-electron chi connectivity index (χ1n) is 14.6. The van der Waals surface area contributed by atoms with Crippen molar-refractivity contribution in [2.45, 2.75) is 53.2 Å². The van der Waals surface area contributed by atoms with Crippen molar-refractivity contribution in [3.8, 4) is 5.75 Å². The molecule has 1 fully saturated rings. The molecule has 1 atom stereocenters. The van der Waals surface area contributed by atoms with Gasteiger partial charge in [0.15, 0.2) is 0 Å². The number of nitrogens with zero attached hydrogens (tertiary/aromatic N) is 2. The molecule has 1 aromatic heterocycles. The molecule has 0 spiro atoms. The van der Waals surface area contributed by atoms with Gasteiger partial charge < -0.3 is 30.3 Å². The predicted molar refractivity (Wildman–Crippen MR) is 168 cm³/mol. The van der Waals surface area contributed by atoms with E-state index < -0.39 is 12.1 Å². The maximum absolute atomic E-state index is 13.0. The van der Waals surface area contributed by atoms with Gasteiger partial charge in [0.2, 0.25) is 0 Å². The molecule has 10 heteroatoms. The van der Waals surface area contributed by atoms with Crippen molar-refractivity contribution in [1.82, 2.24) is 14.9 Å². The Bertz CT molecular complexity index is 1400. The Morgan fingerprint density at radius 2 is 1.93 bits per heavy atom. The summed E-state index contributed by atoms with van der Waals surface area (Å²) in [7, 11) is 0. The number of fused-ring (bicyclic) bond motifs is 1. The molecular formula is C32H44ClN5O4. The van der Waals surface area contributed by atoms with E-state index in [-0.39, 0.29) is 12.5 Å². The predicted octanol–water partition coefficient (Wildman–Crippen LogP) is 5.05. The van der Waals surface area contributed by atoms with Crippen molar-refractivity contribution in [2.24, 2.45) is 23.4 Å². The summed E-state index contributed by atoms with van der Waals surface area (Å²) in [6, 6.07) is 11.8. The number of hydrogen-bond donors (Lipinski definition) is 4. The first-order valence-corrected chi connectivity index (χ1v) is 15.0. The molecular weight excluding hydrogens is 554 g/mol. The largest absolute Gasteiger partial charge is 0.489 e. The van der Waals surface area contributed by atoms with Crippen LogP contribution < -0.4 is 16.3 Å². The molecule has 0 saturated carbocycles. The van der Waals surface area contributed by atoms with Gasteiger partial charge in [-0.15, -0.1) is 0 Å². The first-order chi connectivity index (χ1) is 20.0. The minimum atomic E-state index is -0.549. The molecule has 1 aliphatic heterocycles. The number of benzene rings is 2. The molecule has 1 unspecified atom stereocenters. The summed E-state index contributed by atoms with van der Waals surface area (Å²) in [6.07, 6.45) is 3.18. The van der Waals surface area contributed by atoms with Gasteiger partial charge in [0, 0.05) is 35.8 Å². The molecule has 2 aromatic carbocycles. The fraction of sp³-hybridized carbons (Fsp3) is 0.469. The average Bonchev–Trinajstić information content (AvgIpc) is 3.31. The molecule has 1 aliphatic rings. The average molecular weight is 598 g/mol. The van der Waals surface area contributed by atoms with Gasteiger partial charge >= 0.3 is 5.97 Å². The minimum absolute atomic E-state index is 0.207. The number of nitrogens with two attached hydrogens (primary N) is 2. The number of H-pyrrole nitrogens is 1. The maximum atomic E-state index is 13.0. The Hall–Kier alpha value is -3.24. The standard InChI is InChI=1S/C32H44ClN5O4/c1-20(2)18-42-32(40)31-30(25-13-21(3)5-7-28(25)36-31)27(34)17-38(35)16-23-9-11-37(12-10-23)15-24-6-8-29(26(33)14-24)41-19-22(4)39/h5-8,13-14,17,20,22-23,36,39H,9-12,15-16,18-19,34-35H2,1-4H3/b27-17-. The van der Waals surface area contributed by atoms with E-state index in [4.69, 9.17) is 32.7 Å². The third kappa shape index (κ3) is 8.41. The zero-order valence-corrected chi connectivity index (χ0v) is 25.8. The Morgan fingerprint density at radius 3 is 2.60 bits per heavy atom. The Morgan fingerprint density at radius 1 is 1.19 bits per heavy atom. The number of aryl methyl sites for hydroxylation is 1. The van der Waals surface area contributed by atoms with Crippen molar-refractivity contribution in [2.75, 3.05) is 32.8 Å². The summed E-state index contributed by atoms with van der Waals surface area (Å²) in [5.41, 5.74) is 11.0. The second-order valence-electron chi connectivity index (χ2n) is 11.8. The zero-order valence-electron chi connectivity index (χ0n) is 25.0. The monoisotopic (exact) mass is 597 g/mol. The summed E-state index contributed by atoms with van der Waals surface area (Å²) in [5.74, 6) is 7.23. The Balaban J connectivity index is 1.37. The summed E-state index contributed by atoms with van der Waals surface area (Å²) in [6.45, 7) is 11.6. The normalized spacial score (nSPS) is 15.8. The number of hydrazine groups is 1. The summed E-state index contributed by atoms with van der Waals surface area (Å²) < 4.78 is 11.1. The van der Waals surface area contributed by atoms with E-state index >= 15 is 0 Å². The van der Waals surface area contributed by atoms with Gasteiger partial charge in [0.1, 0.15) is 18.1 Å². The highest BCUT2D eigenvalue weighted by molar-refractivity contribution is 6.32. The Labute approximate surface area is 253 Å². The molecule has 0 aliphatic carbocycles. The van der Waals surface area contributed by atoms with Crippen LogP contribution in [0.1, 0.15) is 60.8 Å². The number of piperidine rings is 1. The van der Waals surface area contributed by atoms with Crippen molar-refractivity contribution in [3.63, 3.8) is 0 Å².